The molecule has 0 saturated carbocycles. The molecular formula is C23H27N3. The van der Waals surface area contributed by atoms with Crippen molar-refractivity contribution in [3.63, 3.8) is 0 Å². The van der Waals surface area contributed by atoms with Gasteiger partial charge in [-0.1, -0.05) is 30.3 Å². The Kier molecular flexibility index (Phi) is 5.27. The van der Waals surface area contributed by atoms with Crippen molar-refractivity contribution in [2.75, 3.05) is 38.0 Å². The zero-order valence-electron chi connectivity index (χ0n) is 16.3. The van der Waals surface area contributed by atoms with E-state index < -0.39 is 0 Å². The highest BCUT2D eigenvalue weighted by atomic mass is 15.1. The largest absolute Gasteiger partial charge is 0.378 e. The summed E-state index contributed by atoms with van der Waals surface area (Å²) in [5.41, 5.74) is 7.22. The summed E-state index contributed by atoms with van der Waals surface area (Å²) in [4.78, 5) is 8.77. The minimum atomic E-state index is 0.176. The molecule has 0 radical (unpaired) electrons. The summed E-state index contributed by atoms with van der Waals surface area (Å²) in [5, 5.41) is 0. The minimum Gasteiger partial charge on any atom is -0.378 e. The Balaban J connectivity index is 2.05. The molecule has 0 fully saturated rings. The van der Waals surface area contributed by atoms with Crippen molar-refractivity contribution in [2.45, 2.75) is 12.8 Å². The van der Waals surface area contributed by atoms with Gasteiger partial charge in [0.25, 0.3) is 0 Å². The van der Waals surface area contributed by atoms with E-state index in [0.29, 0.717) is 0 Å². The van der Waals surface area contributed by atoms with Crippen LogP contribution in [0.15, 0.2) is 66.9 Å². The molecule has 0 unspecified atom stereocenters. The molecule has 26 heavy (non-hydrogen) atoms. The van der Waals surface area contributed by atoms with E-state index in [2.05, 4.69) is 104 Å². The van der Waals surface area contributed by atoms with Crippen LogP contribution in [0.25, 0.3) is 0 Å². The van der Waals surface area contributed by atoms with E-state index in [1.54, 1.807) is 0 Å². The molecule has 3 heteroatoms. The van der Waals surface area contributed by atoms with Gasteiger partial charge >= 0.3 is 0 Å². The molecule has 1 heterocycles. The van der Waals surface area contributed by atoms with E-state index in [0.717, 1.165) is 5.69 Å². The Hall–Kier alpha value is -2.81. The first-order valence-corrected chi connectivity index (χ1v) is 8.93. The maximum Gasteiger partial charge on any atom is 0.0372 e. The summed E-state index contributed by atoms with van der Waals surface area (Å²) in [6.45, 7) is 2.02. The fraction of sp³-hybridized carbons (Fsp3) is 0.261. The molecule has 3 rings (SSSR count). The first-order chi connectivity index (χ1) is 12.5. The van der Waals surface area contributed by atoms with Crippen molar-refractivity contribution >= 4 is 11.4 Å². The van der Waals surface area contributed by atoms with Gasteiger partial charge in [-0.15, -0.1) is 0 Å². The number of hydrogen-bond donors (Lipinski definition) is 0. The van der Waals surface area contributed by atoms with Gasteiger partial charge in [0, 0.05) is 57.4 Å². The number of aromatic nitrogens is 1. The zero-order valence-corrected chi connectivity index (χ0v) is 16.3. The number of hydrogen-bond acceptors (Lipinski definition) is 3. The Morgan fingerprint density at radius 2 is 1.04 bits per heavy atom. The molecule has 0 saturated heterocycles. The van der Waals surface area contributed by atoms with Crippen LogP contribution in [0.4, 0.5) is 11.4 Å². The highest BCUT2D eigenvalue weighted by molar-refractivity contribution is 5.53. The normalized spacial score (nSPS) is 10.8. The van der Waals surface area contributed by atoms with Gasteiger partial charge < -0.3 is 9.80 Å². The van der Waals surface area contributed by atoms with Crippen LogP contribution in [-0.4, -0.2) is 33.2 Å². The number of aryl methyl sites for hydroxylation is 1. The second-order valence-electron chi connectivity index (χ2n) is 7.14. The fourth-order valence-electron chi connectivity index (χ4n) is 3.16. The molecule has 0 amide bonds. The summed E-state index contributed by atoms with van der Waals surface area (Å²) in [6, 6.07) is 21.9. The molecule has 3 nitrogen and oxygen atoms in total. The smallest absolute Gasteiger partial charge is 0.0372 e. The minimum absolute atomic E-state index is 0.176. The summed E-state index contributed by atoms with van der Waals surface area (Å²) in [6.07, 6.45) is 2.00. The van der Waals surface area contributed by atoms with Gasteiger partial charge in [-0.25, -0.2) is 0 Å². The van der Waals surface area contributed by atoms with Crippen LogP contribution in [0.2, 0.25) is 0 Å². The van der Waals surface area contributed by atoms with Crippen LogP contribution in [0.1, 0.15) is 28.3 Å². The van der Waals surface area contributed by atoms with Crippen LogP contribution in [0, 0.1) is 6.92 Å². The predicted octanol–water partition coefficient (Wildman–Crippen LogP) is 4.70. The van der Waals surface area contributed by atoms with E-state index in [1.807, 2.05) is 13.1 Å². The van der Waals surface area contributed by atoms with Crippen molar-refractivity contribution < 1.29 is 0 Å². The lowest BCUT2D eigenvalue weighted by atomic mass is 9.85. The lowest BCUT2D eigenvalue weighted by Gasteiger charge is -2.21. The SMILES string of the molecule is Cc1ccc(C(c2ccc(N(C)C)cc2)c2ccc(N(C)C)cc2)cn1. The molecule has 0 aliphatic rings. The highest BCUT2D eigenvalue weighted by Crippen LogP contribution is 2.33. The van der Waals surface area contributed by atoms with Gasteiger partial charge in [-0.2, -0.15) is 0 Å². The lowest BCUT2D eigenvalue weighted by Crippen LogP contribution is -2.10. The quantitative estimate of drug-likeness (QED) is 0.668. The van der Waals surface area contributed by atoms with E-state index in [1.165, 1.54) is 28.1 Å². The average molecular weight is 345 g/mol. The van der Waals surface area contributed by atoms with Crippen LogP contribution < -0.4 is 9.80 Å². The number of pyridine rings is 1. The van der Waals surface area contributed by atoms with E-state index in [-0.39, 0.29) is 5.92 Å². The second kappa shape index (κ2) is 7.61. The molecule has 134 valence electrons. The van der Waals surface area contributed by atoms with Crippen molar-refractivity contribution in [3.8, 4) is 0 Å². The first kappa shape index (κ1) is 18.0. The average Bonchev–Trinajstić information content (AvgIpc) is 2.64. The maximum absolute atomic E-state index is 4.53. The Morgan fingerprint density at radius 3 is 1.38 bits per heavy atom. The van der Waals surface area contributed by atoms with E-state index in [4.69, 9.17) is 0 Å². The van der Waals surface area contributed by atoms with Gasteiger partial charge in [0.1, 0.15) is 0 Å². The first-order valence-electron chi connectivity index (χ1n) is 8.93. The summed E-state index contributed by atoms with van der Waals surface area (Å²) < 4.78 is 0. The summed E-state index contributed by atoms with van der Waals surface area (Å²) >= 11 is 0. The topological polar surface area (TPSA) is 19.4 Å². The molecule has 1 aromatic heterocycles. The van der Waals surface area contributed by atoms with Crippen LogP contribution >= 0.6 is 0 Å². The van der Waals surface area contributed by atoms with Crippen molar-refractivity contribution in [2.24, 2.45) is 0 Å². The molecule has 0 bridgehead atoms. The number of anilines is 2. The standard InChI is InChI=1S/C23H27N3/c1-17-6-7-20(16-24-17)23(18-8-12-21(13-9-18)25(2)3)19-10-14-22(15-11-19)26(4)5/h6-16,23H,1-5H3. The fourth-order valence-corrected chi connectivity index (χ4v) is 3.16. The van der Waals surface area contributed by atoms with Gasteiger partial charge in [0.05, 0.1) is 0 Å². The van der Waals surface area contributed by atoms with Gasteiger partial charge in [-0.05, 0) is 53.9 Å². The molecular weight excluding hydrogens is 318 g/mol. The van der Waals surface area contributed by atoms with Crippen molar-refractivity contribution in [1.82, 2.24) is 4.98 Å². The van der Waals surface area contributed by atoms with Gasteiger partial charge in [-0.3, -0.25) is 4.98 Å². The van der Waals surface area contributed by atoms with Crippen molar-refractivity contribution in [3.05, 3.63) is 89.2 Å². The third-order valence-electron chi connectivity index (χ3n) is 4.75. The molecule has 0 aliphatic carbocycles. The second-order valence-corrected chi connectivity index (χ2v) is 7.14. The molecule has 0 spiro atoms. The third-order valence-corrected chi connectivity index (χ3v) is 4.75. The van der Waals surface area contributed by atoms with Gasteiger partial charge in [0.15, 0.2) is 0 Å². The summed E-state index contributed by atoms with van der Waals surface area (Å²) in [7, 11) is 8.26. The lowest BCUT2D eigenvalue weighted by molar-refractivity contribution is 0.954. The summed E-state index contributed by atoms with van der Waals surface area (Å²) in [5.74, 6) is 0.176. The number of nitrogens with zero attached hydrogens (tertiary/aromatic N) is 3. The molecule has 0 N–H and O–H groups in total. The predicted molar refractivity (Wildman–Crippen MR) is 111 cm³/mol. The van der Waals surface area contributed by atoms with E-state index >= 15 is 0 Å². The molecule has 3 aromatic rings. The number of rotatable bonds is 5. The monoisotopic (exact) mass is 345 g/mol. The number of benzene rings is 2. The van der Waals surface area contributed by atoms with Crippen LogP contribution in [0.5, 0.6) is 0 Å². The molecule has 0 atom stereocenters. The Labute approximate surface area is 156 Å². The maximum atomic E-state index is 4.53. The Morgan fingerprint density at radius 1 is 0.615 bits per heavy atom. The zero-order chi connectivity index (χ0) is 18.7. The molecule has 0 aliphatic heterocycles. The van der Waals surface area contributed by atoms with Gasteiger partial charge in [0.2, 0.25) is 0 Å². The van der Waals surface area contributed by atoms with E-state index in [9.17, 15) is 0 Å². The third kappa shape index (κ3) is 3.88. The van der Waals surface area contributed by atoms with Crippen LogP contribution in [-0.2, 0) is 0 Å². The highest BCUT2D eigenvalue weighted by Gasteiger charge is 2.17. The molecule has 2 aromatic carbocycles. The van der Waals surface area contributed by atoms with Crippen LogP contribution in [0.3, 0.4) is 0 Å². The Bertz CT molecular complexity index is 781. The van der Waals surface area contributed by atoms with Crippen molar-refractivity contribution in [1.29, 1.82) is 0 Å².